The number of aryl methyl sites for hydroxylation is 1. The molecule has 0 saturated heterocycles. The first kappa shape index (κ1) is 9.24. The maximum atomic E-state index is 11.2. The number of carbonyl (C=O) groups is 1. The predicted octanol–water partition coefficient (Wildman–Crippen LogP) is 1.41. The number of imidazole rings is 1. The van der Waals surface area contributed by atoms with E-state index in [0.717, 1.165) is 31.6 Å². The minimum atomic E-state index is -0.732. The Kier molecular flexibility index (Phi) is 2.06. The zero-order valence-electron chi connectivity index (χ0n) is 8.23. The molecule has 0 radical (unpaired) electrons. The molecule has 1 heterocycles. The quantitative estimate of drug-likeness (QED) is 0.791. The second-order valence-corrected chi connectivity index (χ2v) is 3.78. The fourth-order valence-corrected chi connectivity index (χ4v) is 2.05. The third-order valence-corrected chi connectivity index (χ3v) is 3.10. The number of carboxylic acids is 1. The van der Waals surface area contributed by atoms with Crippen LogP contribution in [0.25, 0.3) is 0 Å². The number of carboxylic acid groups (broad SMARTS) is 1. The second-order valence-electron chi connectivity index (χ2n) is 3.78. The summed E-state index contributed by atoms with van der Waals surface area (Å²) < 4.78 is 1.92. The topological polar surface area (TPSA) is 55.1 Å². The van der Waals surface area contributed by atoms with Crippen molar-refractivity contribution in [3.05, 3.63) is 18.2 Å². The highest BCUT2D eigenvalue weighted by atomic mass is 16.4. The monoisotopic (exact) mass is 194 g/mol. The van der Waals surface area contributed by atoms with Gasteiger partial charge in [-0.25, -0.2) is 4.98 Å². The van der Waals surface area contributed by atoms with Crippen molar-refractivity contribution in [3.8, 4) is 0 Å². The largest absolute Gasteiger partial charge is 0.480 e. The van der Waals surface area contributed by atoms with Crippen molar-refractivity contribution in [1.82, 2.24) is 9.55 Å². The first-order chi connectivity index (χ1) is 6.70. The molecule has 1 aromatic heterocycles. The van der Waals surface area contributed by atoms with Gasteiger partial charge in [-0.3, -0.25) is 4.79 Å². The molecular formula is C10H14N2O2. The Morgan fingerprint density at radius 2 is 2.43 bits per heavy atom. The third-order valence-electron chi connectivity index (χ3n) is 3.10. The first-order valence-electron chi connectivity index (χ1n) is 4.96. The van der Waals surface area contributed by atoms with Gasteiger partial charge in [0, 0.05) is 18.9 Å². The molecule has 76 valence electrons. The zero-order chi connectivity index (χ0) is 10.2. The van der Waals surface area contributed by atoms with E-state index in [9.17, 15) is 9.90 Å². The van der Waals surface area contributed by atoms with E-state index in [1.165, 1.54) is 0 Å². The van der Waals surface area contributed by atoms with Gasteiger partial charge >= 0.3 is 5.97 Å². The summed E-state index contributed by atoms with van der Waals surface area (Å²) in [5.41, 5.74) is -0.695. The van der Waals surface area contributed by atoms with Crippen molar-refractivity contribution in [3.63, 3.8) is 0 Å². The number of nitrogens with zero attached hydrogens (tertiary/aromatic N) is 2. The molecule has 1 aromatic rings. The summed E-state index contributed by atoms with van der Waals surface area (Å²) in [5, 5.41) is 9.22. The summed E-state index contributed by atoms with van der Waals surface area (Å²) in [4.78, 5) is 15.4. The third kappa shape index (κ3) is 1.06. The van der Waals surface area contributed by atoms with Crippen LogP contribution in [0, 0.1) is 0 Å². The van der Waals surface area contributed by atoms with Crippen LogP contribution >= 0.6 is 0 Å². The van der Waals surface area contributed by atoms with Gasteiger partial charge in [0.25, 0.3) is 0 Å². The van der Waals surface area contributed by atoms with Crippen molar-refractivity contribution >= 4 is 5.97 Å². The van der Waals surface area contributed by atoms with Gasteiger partial charge in [0.1, 0.15) is 11.2 Å². The summed E-state index contributed by atoms with van der Waals surface area (Å²) in [7, 11) is 0. The molecule has 2 rings (SSSR count). The molecule has 0 unspecified atom stereocenters. The number of aliphatic carboxylic acids is 1. The summed E-state index contributed by atoms with van der Waals surface area (Å²) in [6.45, 7) is 2.78. The van der Waals surface area contributed by atoms with Crippen LogP contribution in [0.2, 0.25) is 0 Å². The highest BCUT2D eigenvalue weighted by molar-refractivity contribution is 5.81. The van der Waals surface area contributed by atoms with Crippen LogP contribution in [0.5, 0.6) is 0 Å². The Morgan fingerprint density at radius 3 is 2.86 bits per heavy atom. The van der Waals surface area contributed by atoms with Crippen molar-refractivity contribution < 1.29 is 9.90 Å². The van der Waals surface area contributed by atoms with Gasteiger partial charge in [-0.05, 0) is 19.8 Å². The Morgan fingerprint density at radius 1 is 1.71 bits per heavy atom. The van der Waals surface area contributed by atoms with E-state index in [-0.39, 0.29) is 0 Å². The molecule has 0 atom stereocenters. The van der Waals surface area contributed by atoms with E-state index >= 15 is 0 Å². The van der Waals surface area contributed by atoms with Crippen molar-refractivity contribution in [2.75, 3.05) is 0 Å². The van der Waals surface area contributed by atoms with Gasteiger partial charge < -0.3 is 9.67 Å². The van der Waals surface area contributed by atoms with Gasteiger partial charge in [0.05, 0.1) is 0 Å². The maximum Gasteiger partial charge on any atom is 0.317 e. The lowest BCUT2D eigenvalue weighted by molar-refractivity contribution is -0.148. The van der Waals surface area contributed by atoms with Gasteiger partial charge in [-0.2, -0.15) is 0 Å². The molecule has 0 aromatic carbocycles. The average Bonchev–Trinajstić information content (AvgIpc) is 2.50. The molecule has 1 aliphatic rings. The fraction of sp³-hybridized carbons (Fsp3) is 0.600. The van der Waals surface area contributed by atoms with Crippen molar-refractivity contribution in [2.24, 2.45) is 0 Å². The van der Waals surface area contributed by atoms with E-state index in [4.69, 9.17) is 0 Å². The zero-order valence-corrected chi connectivity index (χ0v) is 8.23. The normalized spacial score (nSPS) is 18.9. The van der Waals surface area contributed by atoms with E-state index < -0.39 is 11.4 Å². The molecule has 4 heteroatoms. The summed E-state index contributed by atoms with van der Waals surface area (Å²) >= 11 is 0. The Bertz CT molecular complexity index is 353. The summed E-state index contributed by atoms with van der Waals surface area (Å²) in [5.74, 6) is -0.0107. The SMILES string of the molecule is CCn1ccnc1C1(C(=O)O)CCC1. The average molecular weight is 194 g/mol. The predicted molar refractivity (Wildman–Crippen MR) is 51.1 cm³/mol. The van der Waals surface area contributed by atoms with Crippen molar-refractivity contribution in [1.29, 1.82) is 0 Å². The molecule has 0 aliphatic heterocycles. The lowest BCUT2D eigenvalue weighted by Crippen LogP contribution is -2.44. The van der Waals surface area contributed by atoms with Crippen LogP contribution < -0.4 is 0 Å². The molecule has 1 fully saturated rings. The van der Waals surface area contributed by atoms with Crippen LogP contribution in [0.3, 0.4) is 0 Å². The lowest BCUT2D eigenvalue weighted by atomic mass is 9.68. The Hall–Kier alpha value is -1.32. The molecule has 4 nitrogen and oxygen atoms in total. The highest BCUT2D eigenvalue weighted by Gasteiger charge is 2.49. The van der Waals surface area contributed by atoms with Gasteiger partial charge in [-0.15, -0.1) is 0 Å². The van der Waals surface area contributed by atoms with Gasteiger partial charge in [0.15, 0.2) is 0 Å². The van der Waals surface area contributed by atoms with Crippen LogP contribution in [0.1, 0.15) is 32.0 Å². The lowest BCUT2D eigenvalue weighted by Gasteiger charge is -2.36. The van der Waals surface area contributed by atoms with E-state index in [0.29, 0.717) is 0 Å². The standard InChI is InChI=1S/C10H14N2O2/c1-2-12-7-6-11-8(12)10(9(13)14)4-3-5-10/h6-7H,2-5H2,1H3,(H,13,14). The Balaban J connectivity index is 2.41. The first-order valence-corrected chi connectivity index (χ1v) is 4.96. The van der Waals surface area contributed by atoms with Crippen LogP contribution in [0.15, 0.2) is 12.4 Å². The van der Waals surface area contributed by atoms with Gasteiger partial charge in [0.2, 0.25) is 0 Å². The molecule has 1 saturated carbocycles. The summed E-state index contributed by atoms with van der Waals surface area (Å²) in [6.07, 6.45) is 5.96. The smallest absolute Gasteiger partial charge is 0.317 e. The van der Waals surface area contributed by atoms with Crippen LogP contribution in [-0.2, 0) is 16.8 Å². The van der Waals surface area contributed by atoms with Gasteiger partial charge in [-0.1, -0.05) is 6.42 Å². The molecule has 0 bridgehead atoms. The number of hydrogen-bond donors (Lipinski definition) is 1. The molecule has 1 N–H and O–H groups in total. The van der Waals surface area contributed by atoms with Crippen LogP contribution in [0.4, 0.5) is 0 Å². The Labute approximate surface area is 82.6 Å². The highest BCUT2D eigenvalue weighted by Crippen LogP contribution is 2.43. The molecule has 1 aliphatic carbocycles. The molecular weight excluding hydrogens is 180 g/mol. The second kappa shape index (κ2) is 3.12. The van der Waals surface area contributed by atoms with E-state index in [1.807, 2.05) is 17.7 Å². The molecule has 0 amide bonds. The number of hydrogen-bond acceptors (Lipinski definition) is 2. The maximum absolute atomic E-state index is 11.2. The fourth-order valence-electron chi connectivity index (χ4n) is 2.05. The summed E-state index contributed by atoms with van der Waals surface area (Å²) in [6, 6.07) is 0. The molecule has 14 heavy (non-hydrogen) atoms. The minimum absolute atomic E-state index is 0.695. The van der Waals surface area contributed by atoms with Crippen LogP contribution in [-0.4, -0.2) is 20.6 Å². The number of rotatable bonds is 3. The van der Waals surface area contributed by atoms with E-state index in [2.05, 4.69) is 4.98 Å². The van der Waals surface area contributed by atoms with Crippen molar-refractivity contribution in [2.45, 2.75) is 38.1 Å². The molecule has 0 spiro atoms. The van der Waals surface area contributed by atoms with E-state index in [1.54, 1.807) is 6.20 Å². The minimum Gasteiger partial charge on any atom is -0.480 e. The number of aromatic nitrogens is 2.